The summed E-state index contributed by atoms with van der Waals surface area (Å²) in [6.45, 7) is 6.83. The molecule has 1 aliphatic heterocycles. The summed E-state index contributed by atoms with van der Waals surface area (Å²) in [5.74, 6) is 0.819. The van der Waals surface area contributed by atoms with E-state index in [4.69, 9.17) is 9.47 Å². The van der Waals surface area contributed by atoms with Crippen molar-refractivity contribution in [1.29, 1.82) is 0 Å². The maximum absolute atomic E-state index is 5.39. The van der Waals surface area contributed by atoms with Crippen molar-refractivity contribution in [2.45, 2.75) is 33.1 Å². The van der Waals surface area contributed by atoms with Crippen molar-refractivity contribution in [3.05, 3.63) is 11.8 Å². The zero-order valence-corrected chi connectivity index (χ0v) is 8.71. The van der Waals surface area contributed by atoms with Crippen molar-refractivity contribution in [1.82, 2.24) is 0 Å². The Hall–Kier alpha value is -0.500. The Morgan fingerprint density at radius 3 is 2.69 bits per heavy atom. The van der Waals surface area contributed by atoms with Gasteiger partial charge in [-0.15, -0.1) is 0 Å². The molecule has 0 radical (unpaired) electrons. The molecule has 0 aromatic carbocycles. The molecule has 13 heavy (non-hydrogen) atoms. The molecular formula is C11H20O2. The normalized spacial score (nSPS) is 18.3. The van der Waals surface area contributed by atoms with Gasteiger partial charge < -0.3 is 9.47 Å². The molecule has 76 valence electrons. The molecule has 2 heteroatoms. The maximum atomic E-state index is 5.39. The predicted molar refractivity (Wildman–Crippen MR) is 53.5 cm³/mol. The summed E-state index contributed by atoms with van der Waals surface area (Å²) >= 11 is 0. The summed E-state index contributed by atoms with van der Waals surface area (Å²) in [7, 11) is 0. The highest BCUT2D eigenvalue weighted by molar-refractivity contribution is 4.86. The van der Waals surface area contributed by atoms with Crippen molar-refractivity contribution in [3.8, 4) is 0 Å². The minimum absolute atomic E-state index is 0.819. The first-order valence-electron chi connectivity index (χ1n) is 5.12. The first kappa shape index (κ1) is 10.6. The Balaban J connectivity index is 2.01. The Labute approximate surface area is 80.9 Å². The summed E-state index contributed by atoms with van der Waals surface area (Å²) in [5.41, 5.74) is 1.23. The fourth-order valence-corrected chi connectivity index (χ4v) is 1.50. The summed E-state index contributed by atoms with van der Waals surface area (Å²) in [6, 6.07) is 0. The molecule has 1 aliphatic rings. The summed E-state index contributed by atoms with van der Waals surface area (Å²) in [4.78, 5) is 0. The number of hydrogen-bond donors (Lipinski definition) is 0. The van der Waals surface area contributed by atoms with Gasteiger partial charge in [-0.05, 0) is 44.6 Å². The lowest BCUT2D eigenvalue weighted by Gasteiger charge is -2.21. The Bertz CT molecular complexity index is 153. The average molecular weight is 184 g/mol. The predicted octanol–water partition coefficient (Wildman–Crippen LogP) is 2.74. The molecule has 0 spiro atoms. The van der Waals surface area contributed by atoms with Crippen molar-refractivity contribution < 1.29 is 9.47 Å². The molecule has 0 saturated carbocycles. The minimum Gasteiger partial charge on any atom is -0.501 e. The first-order chi connectivity index (χ1) is 6.29. The van der Waals surface area contributed by atoms with E-state index in [2.05, 4.69) is 13.8 Å². The second-order valence-corrected chi connectivity index (χ2v) is 3.91. The maximum Gasteiger partial charge on any atom is 0.0876 e. The molecule has 0 aliphatic carbocycles. The first-order valence-corrected chi connectivity index (χ1v) is 5.12. The second-order valence-electron chi connectivity index (χ2n) is 3.91. The van der Waals surface area contributed by atoms with Crippen LogP contribution in [0.25, 0.3) is 0 Å². The highest BCUT2D eigenvalue weighted by atomic mass is 16.5. The fraction of sp³-hybridized carbons (Fsp3) is 0.818. The summed E-state index contributed by atoms with van der Waals surface area (Å²) in [5, 5.41) is 0. The van der Waals surface area contributed by atoms with Crippen molar-refractivity contribution in [2.24, 2.45) is 5.92 Å². The number of hydrogen-bond acceptors (Lipinski definition) is 2. The van der Waals surface area contributed by atoms with Crippen LogP contribution in [0, 0.1) is 5.92 Å². The van der Waals surface area contributed by atoms with Gasteiger partial charge in [0.05, 0.1) is 12.9 Å². The quantitative estimate of drug-likeness (QED) is 0.494. The van der Waals surface area contributed by atoms with Crippen LogP contribution in [0.5, 0.6) is 0 Å². The molecule has 0 amide bonds. The van der Waals surface area contributed by atoms with Crippen LogP contribution < -0.4 is 0 Å². The van der Waals surface area contributed by atoms with E-state index in [1.54, 1.807) is 0 Å². The van der Waals surface area contributed by atoms with E-state index in [9.17, 15) is 0 Å². The molecule has 0 aromatic rings. The molecule has 1 saturated heterocycles. The highest BCUT2D eigenvalue weighted by Crippen LogP contribution is 2.18. The van der Waals surface area contributed by atoms with E-state index >= 15 is 0 Å². The van der Waals surface area contributed by atoms with Crippen LogP contribution in [-0.2, 0) is 9.47 Å². The van der Waals surface area contributed by atoms with Crippen LogP contribution in [0.1, 0.15) is 33.1 Å². The van der Waals surface area contributed by atoms with Gasteiger partial charge in [-0.25, -0.2) is 0 Å². The largest absolute Gasteiger partial charge is 0.501 e. The van der Waals surface area contributed by atoms with Crippen LogP contribution in [0.15, 0.2) is 11.8 Å². The highest BCUT2D eigenvalue weighted by Gasteiger charge is 2.12. The van der Waals surface area contributed by atoms with Crippen LogP contribution in [0.4, 0.5) is 0 Å². The average Bonchev–Trinajstić information content (AvgIpc) is 2.14. The van der Waals surface area contributed by atoms with Gasteiger partial charge in [0.1, 0.15) is 0 Å². The Morgan fingerprint density at radius 2 is 2.08 bits per heavy atom. The van der Waals surface area contributed by atoms with E-state index in [-0.39, 0.29) is 0 Å². The lowest BCUT2D eigenvalue weighted by molar-refractivity contribution is 0.0568. The Kier molecular flexibility index (Phi) is 4.91. The smallest absolute Gasteiger partial charge is 0.0876 e. The van der Waals surface area contributed by atoms with Crippen molar-refractivity contribution >= 4 is 0 Å². The zero-order valence-electron chi connectivity index (χ0n) is 8.71. The van der Waals surface area contributed by atoms with E-state index in [1.165, 1.54) is 24.8 Å². The number of ether oxygens (including phenoxy) is 2. The van der Waals surface area contributed by atoms with Gasteiger partial charge in [0.2, 0.25) is 0 Å². The van der Waals surface area contributed by atoms with E-state index < -0.39 is 0 Å². The van der Waals surface area contributed by atoms with Crippen LogP contribution in [0.3, 0.4) is 0 Å². The van der Waals surface area contributed by atoms with Gasteiger partial charge in [-0.3, -0.25) is 0 Å². The molecule has 1 fully saturated rings. The van der Waals surface area contributed by atoms with Crippen molar-refractivity contribution in [2.75, 3.05) is 19.8 Å². The molecule has 0 bridgehead atoms. The van der Waals surface area contributed by atoms with Gasteiger partial charge in [0.15, 0.2) is 0 Å². The fourth-order valence-electron chi connectivity index (χ4n) is 1.50. The van der Waals surface area contributed by atoms with E-state index in [1.807, 2.05) is 6.26 Å². The van der Waals surface area contributed by atoms with Gasteiger partial charge in [-0.1, -0.05) is 0 Å². The monoisotopic (exact) mass is 184 g/mol. The van der Waals surface area contributed by atoms with E-state index in [0.717, 1.165) is 25.7 Å². The lowest BCUT2D eigenvalue weighted by atomic mass is 9.97. The topological polar surface area (TPSA) is 18.5 Å². The number of allylic oxidation sites excluding steroid dienone is 1. The summed E-state index contributed by atoms with van der Waals surface area (Å²) in [6.07, 6.45) is 5.43. The molecular weight excluding hydrogens is 164 g/mol. The third kappa shape index (κ3) is 4.94. The third-order valence-electron chi connectivity index (χ3n) is 2.30. The van der Waals surface area contributed by atoms with Gasteiger partial charge >= 0.3 is 0 Å². The van der Waals surface area contributed by atoms with Crippen LogP contribution >= 0.6 is 0 Å². The Morgan fingerprint density at radius 1 is 1.38 bits per heavy atom. The lowest BCUT2D eigenvalue weighted by Crippen LogP contribution is -2.16. The SMILES string of the molecule is CC(C)=COCCC1CCOCC1. The van der Waals surface area contributed by atoms with Crippen molar-refractivity contribution in [3.63, 3.8) is 0 Å². The molecule has 0 aromatic heterocycles. The molecule has 0 atom stereocenters. The third-order valence-corrected chi connectivity index (χ3v) is 2.30. The van der Waals surface area contributed by atoms with Gasteiger partial charge in [-0.2, -0.15) is 0 Å². The van der Waals surface area contributed by atoms with Crippen LogP contribution in [-0.4, -0.2) is 19.8 Å². The molecule has 1 heterocycles. The summed E-state index contributed by atoms with van der Waals surface area (Å²) < 4.78 is 10.7. The molecule has 0 N–H and O–H groups in total. The number of rotatable bonds is 4. The minimum atomic E-state index is 0.819. The molecule has 2 nitrogen and oxygen atoms in total. The van der Waals surface area contributed by atoms with Gasteiger partial charge in [0, 0.05) is 13.2 Å². The van der Waals surface area contributed by atoms with E-state index in [0.29, 0.717) is 0 Å². The second kappa shape index (κ2) is 6.03. The molecule has 1 rings (SSSR count). The standard InChI is InChI=1S/C11H20O2/c1-10(2)9-13-8-5-11-3-6-12-7-4-11/h9,11H,3-8H2,1-2H3. The molecule has 0 unspecified atom stereocenters. The van der Waals surface area contributed by atoms with Gasteiger partial charge in [0.25, 0.3) is 0 Å². The zero-order chi connectivity index (χ0) is 9.52. The van der Waals surface area contributed by atoms with Crippen LogP contribution in [0.2, 0.25) is 0 Å².